The summed E-state index contributed by atoms with van der Waals surface area (Å²) in [6.07, 6.45) is 3.81. The molecular weight excluding hydrogens is 204 g/mol. The standard InChI is InChI=1S/C12H22N2O2/c1-9(2)14(8-12(15)16)11-5-6-13(7-11)10-3-4-10/h9-11H,3-8H2,1-2H3,(H,15,16). The molecule has 92 valence electrons. The second-order valence-corrected chi connectivity index (χ2v) is 5.33. The van der Waals surface area contributed by atoms with Gasteiger partial charge in [-0.05, 0) is 33.1 Å². The van der Waals surface area contributed by atoms with Crippen molar-refractivity contribution in [3.8, 4) is 0 Å². The number of hydrogen-bond acceptors (Lipinski definition) is 3. The Balaban J connectivity index is 1.90. The molecule has 4 nitrogen and oxygen atoms in total. The number of carbonyl (C=O) groups is 1. The Morgan fingerprint density at radius 3 is 2.62 bits per heavy atom. The number of carboxylic acid groups (broad SMARTS) is 1. The van der Waals surface area contributed by atoms with Crippen LogP contribution in [-0.4, -0.2) is 58.6 Å². The topological polar surface area (TPSA) is 43.8 Å². The zero-order chi connectivity index (χ0) is 11.7. The zero-order valence-corrected chi connectivity index (χ0v) is 10.2. The van der Waals surface area contributed by atoms with Gasteiger partial charge in [-0.3, -0.25) is 14.6 Å². The summed E-state index contributed by atoms with van der Waals surface area (Å²) in [4.78, 5) is 15.5. The summed E-state index contributed by atoms with van der Waals surface area (Å²) in [5, 5.41) is 8.93. The predicted octanol–water partition coefficient (Wildman–Crippen LogP) is 1.02. The third kappa shape index (κ3) is 2.74. The molecule has 2 aliphatic rings. The monoisotopic (exact) mass is 226 g/mol. The van der Waals surface area contributed by atoms with E-state index in [1.807, 2.05) is 0 Å². The first kappa shape index (κ1) is 11.9. The minimum Gasteiger partial charge on any atom is -0.480 e. The molecule has 1 aliphatic heterocycles. The summed E-state index contributed by atoms with van der Waals surface area (Å²) in [5.74, 6) is -0.710. The van der Waals surface area contributed by atoms with E-state index < -0.39 is 5.97 Å². The highest BCUT2D eigenvalue weighted by atomic mass is 16.4. The lowest BCUT2D eigenvalue weighted by molar-refractivity contribution is -0.139. The van der Waals surface area contributed by atoms with Gasteiger partial charge in [-0.1, -0.05) is 0 Å². The van der Waals surface area contributed by atoms with Gasteiger partial charge < -0.3 is 5.11 Å². The lowest BCUT2D eigenvalue weighted by Crippen LogP contribution is -2.45. The van der Waals surface area contributed by atoms with Crippen LogP contribution in [0.1, 0.15) is 33.1 Å². The maximum absolute atomic E-state index is 10.8. The summed E-state index contributed by atoms with van der Waals surface area (Å²) in [5.41, 5.74) is 0. The van der Waals surface area contributed by atoms with Gasteiger partial charge in [0.15, 0.2) is 0 Å². The van der Waals surface area contributed by atoms with Crippen molar-refractivity contribution in [2.45, 2.75) is 51.2 Å². The van der Waals surface area contributed by atoms with Gasteiger partial charge in [-0.15, -0.1) is 0 Å². The Kier molecular flexibility index (Phi) is 3.50. The molecule has 1 aliphatic carbocycles. The van der Waals surface area contributed by atoms with Crippen molar-refractivity contribution in [3.63, 3.8) is 0 Å². The van der Waals surface area contributed by atoms with Crippen LogP contribution < -0.4 is 0 Å². The Hall–Kier alpha value is -0.610. The molecule has 1 heterocycles. The summed E-state index contributed by atoms with van der Waals surface area (Å²) in [7, 11) is 0. The van der Waals surface area contributed by atoms with Gasteiger partial charge in [0.2, 0.25) is 0 Å². The van der Waals surface area contributed by atoms with Crippen LogP contribution in [0.3, 0.4) is 0 Å². The van der Waals surface area contributed by atoms with Crippen molar-refractivity contribution in [1.29, 1.82) is 0 Å². The Morgan fingerprint density at radius 1 is 1.44 bits per heavy atom. The molecule has 0 bridgehead atoms. The molecule has 0 radical (unpaired) electrons. The molecule has 1 unspecified atom stereocenters. The van der Waals surface area contributed by atoms with Gasteiger partial charge in [-0.25, -0.2) is 0 Å². The minimum absolute atomic E-state index is 0.181. The molecule has 0 aromatic rings. The molecule has 1 saturated carbocycles. The molecule has 1 saturated heterocycles. The van der Waals surface area contributed by atoms with Gasteiger partial charge in [0.25, 0.3) is 0 Å². The fourth-order valence-corrected chi connectivity index (χ4v) is 2.70. The van der Waals surface area contributed by atoms with Gasteiger partial charge in [0, 0.05) is 31.2 Å². The highest BCUT2D eigenvalue weighted by molar-refractivity contribution is 5.69. The summed E-state index contributed by atoms with van der Waals surface area (Å²) >= 11 is 0. The number of carboxylic acids is 1. The van der Waals surface area contributed by atoms with Crippen LogP contribution in [0.4, 0.5) is 0 Å². The molecule has 1 atom stereocenters. The van der Waals surface area contributed by atoms with E-state index in [1.54, 1.807) is 0 Å². The van der Waals surface area contributed by atoms with E-state index >= 15 is 0 Å². The second-order valence-electron chi connectivity index (χ2n) is 5.33. The third-order valence-electron chi connectivity index (χ3n) is 3.71. The van der Waals surface area contributed by atoms with E-state index in [2.05, 4.69) is 23.6 Å². The molecule has 2 rings (SSSR count). The maximum atomic E-state index is 10.8. The molecule has 4 heteroatoms. The third-order valence-corrected chi connectivity index (χ3v) is 3.71. The van der Waals surface area contributed by atoms with Crippen LogP contribution in [0.5, 0.6) is 0 Å². The van der Waals surface area contributed by atoms with Crippen molar-refractivity contribution >= 4 is 5.97 Å². The molecule has 0 aromatic heterocycles. The fourth-order valence-electron chi connectivity index (χ4n) is 2.70. The van der Waals surface area contributed by atoms with Gasteiger partial charge >= 0.3 is 5.97 Å². The highest BCUT2D eigenvalue weighted by Gasteiger charge is 2.37. The number of nitrogens with zero attached hydrogens (tertiary/aromatic N) is 2. The number of rotatable bonds is 5. The lowest BCUT2D eigenvalue weighted by Gasteiger charge is -2.31. The smallest absolute Gasteiger partial charge is 0.317 e. The summed E-state index contributed by atoms with van der Waals surface area (Å²) in [6, 6.07) is 1.57. The first-order valence-electron chi connectivity index (χ1n) is 6.29. The van der Waals surface area contributed by atoms with Crippen LogP contribution in [-0.2, 0) is 4.79 Å². The minimum atomic E-state index is -0.710. The number of hydrogen-bond donors (Lipinski definition) is 1. The van der Waals surface area contributed by atoms with Crippen LogP contribution >= 0.6 is 0 Å². The summed E-state index contributed by atoms with van der Waals surface area (Å²) < 4.78 is 0. The molecule has 0 spiro atoms. The Labute approximate surface area is 97.2 Å². The van der Waals surface area contributed by atoms with E-state index in [0.717, 1.165) is 25.6 Å². The van der Waals surface area contributed by atoms with E-state index in [9.17, 15) is 4.79 Å². The van der Waals surface area contributed by atoms with Crippen molar-refractivity contribution < 1.29 is 9.90 Å². The molecule has 16 heavy (non-hydrogen) atoms. The van der Waals surface area contributed by atoms with Crippen molar-refractivity contribution in [3.05, 3.63) is 0 Å². The first-order valence-corrected chi connectivity index (χ1v) is 6.29. The molecular formula is C12H22N2O2. The van der Waals surface area contributed by atoms with Crippen molar-refractivity contribution in [1.82, 2.24) is 9.80 Å². The quantitative estimate of drug-likeness (QED) is 0.760. The normalized spacial score (nSPS) is 26.9. The fraction of sp³-hybridized carbons (Fsp3) is 0.917. The Morgan fingerprint density at radius 2 is 2.12 bits per heavy atom. The highest BCUT2D eigenvalue weighted by Crippen LogP contribution is 2.31. The SMILES string of the molecule is CC(C)N(CC(=O)O)C1CCN(C2CC2)C1. The van der Waals surface area contributed by atoms with E-state index in [-0.39, 0.29) is 6.54 Å². The zero-order valence-electron chi connectivity index (χ0n) is 10.2. The van der Waals surface area contributed by atoms with Gasteiger partial charge in [0.1, 0.15) is 0 Å². The molecule has 0 aromatic carbocycles. The summed E-state index contributed by atoms with van der Waals surface area (Å²) in [6.45, 7) is 6.57. The van der Waals surface area contributed by atoms with Crippen molar-refractivity contribution in [2.75, 3.05) is 19.6 Å². The molecule has 2 fully saturated rings. The first-order chi connectivity index (χ1) is 7.58. The van der Waals surface area contributed by atoms with Crippen LogP contribution in [0.25, 0.3) is 0 Å². The second kappa shape index (κ2) is 4.72. The van der Waals surface area contributed by atoms with Crippen LogP contribution in [0.15, 0.2) is 0 Å². The van der Waals surface area contributed by atoms with E-state index in [0.29, 0.717) is 12.1 Å². The largest absolute Gasteiger partial charge is 0.480 e. The van der Waals surface area contributed by atoms with E-state index in [1.165, 1.54) is 12.8 Å². The molecule has 1 N–H and O–H groups in total. The lowest BCUT2D eigenvalue weighted by atomic mass is 10.1. The molecule has 0 amide bonds. The number of likely N-dealkylation sites (tertiary alicyclic amines) is 1. The Bertz CT molecular complexity index is 264. The number of aliphatic carboxylic acids is 1. The van der Waals surface area contributed by atoms with Crippen LogP contribution in [0.2, 0.25) is 0 Å². The van der Waals surface area contributed by atoms with Crippen molar-refractivity contribution in [2.24, 2.45) is 0 Å². The van der Waals surface area contributed by atoms with Gasteiger partial charge in [0.05, 0.1) is 6.54 Å². The average Bonchev–Trinajstić information content (AvgIpc) is 2.93. The van der Waals surface area contributed by atoms with Gasteiger partial charge in [-0.2, -0.15) is 0 Å². The van der Waals surface area contributed by atoms with Crippen LogP contribution in [0, 0.1) is 0 Å². The maximum Gasteiger partial charge on any atom is 0.317 e. The average molecular weight is 226 g/mol. The predicted molar refractivity (Wildman–Crippen MR) is 62.5 cm³/mol. The van der Waals surface area contributed by atoms with E-state index in [4.69, 9.17) is 5.11 Å².